The zero-order valence-electron chi connectivity index (χ0n) is 19.2. The Hall–Kier alpha value is -0.370. The fourth-order valence-corrected chi connectivity index (χ4v) is 8.65. The predicted molar refractivity (Wildman–Crippen MR) is 117 cm³/mol. The lowest BCUT2D eigenvalue weighted by Crippen LogP contribution is -2.54. The molecule has 4 fully saturated rings. The van der Waals surface area contributed by atoms with E-state index in [2.05, 4.69) is 39.9 Å². The molecule has 0 radical (unpaired) electrons. The van der Waals surface area contributed by atoms with Crippen molar-refractivity contribution >= 4 is 5.78 Å². The molecule has 4 rings (SSSR count). The molecular formula is C26H45NO. The molecule has 0 aromatic rings. The van der Waals surface area contributed by atoms with Gasteiger partial charge in [0.1, 0.15) is 5.78 Å². The number of rotatable bonds is 5. The number of hydrogen-bond acceptors (Lipinski definition) is 2. The van der Waals surface area contributed by atoms with Crippen LogP contribution in [0.5, 0.6) is 0 Å². The van der Waals surface area contributed by atoms with Gasteiger partial charge in [0, 0.05) is 18.9 Å². The molecule has 0 spiro atoms. The van der Waals surface area contributed by atoms with Crippen LogP contribution in [0.15, 0.2) is 0 Å². The molecular weight excluding hydrogens is 342 g/mol. The summed E-state index contributed by atoms with van der Waals surface area (Å²) in [5.41, 5.74) is 0.996. The van der Waals surface area contributed by atoms with Crippen molar-refractivity contribution in [3.05, 3.63) is 0 Å². The minimum atomic E-state index is 0.456. The van der Waals surface area contributed by atoms with Crippen molar-refractivity contribution in [2.75, 3.05) is 6.54 Å². The Morgan fingerprint density at radius 1 is 0.964 bits per heavy atom. The summed E-state index contributed by atoms with van der Waals surface area (Å²) in [6.07, 6.45) is 12.7. The van der Waals surface area contributed by atoms with Crippen molar-refractivity contribution in [1.29, 1.82) is 0 Å². The number of hydrogen-bond donors (Lipinski definition) is 1. The summed E-state index contributed by atoms with van der Waals surface area (Å²) in [6.45, 7) is 13.5. The van der Waals surface area contributed by atoms with E-state index in [0.29, 0.717) is 28.6 Å². The molecule has 4 saturated carbocycles. The number of nitrogens with one attached hydrogen (secondary N) is 1. The zero-order chi connectivity index (χ0) is 20.1. The average Bonchev–Trinajstić information content (AvgIpc) is 2.99. The van der Waals surface area contributed by atoms with Crippen LogP contribution in [-0.2, 0) is 4.79 Å². The van der Waals surface area contributed by atoms with E-state index >= 15 is 0 Å². The van der Waals surface area contributed by atoms with E-state index in [1.807, 2.05) is 0 Å². The van der Waals surface area contributed by atoms with Crippen LogP contribution in [0, 0.1) is 46.3 Å². The molecule has 4 aliphatic rings. The lowest BCUT2D eigenvalue weighted by molar-refractivity contribution is -0.140. The van der Waals surface area contributed by atoms with E-state index in [0.717, 1.165) is 42.4 Å². The summed E-state index contributed by atoms with van der Waals surface area (Å²) >= 11 is 0. The number of Topliss-reactive ketones (excluding diaryl/α,β-unsaturated/α-hetero) is 1. The Balaban J connectivity index is 1.47. The second kappa shape index (κ2) is 7.71. The second-order valence-electron chi connectivity index (χ2n) is 12.1. The first-order valence-electron chi connectivity index (χ1n) is 12.5. The SMILES string of the molecule is CC(C)CCNC(C)[C@H]1CC[C@H]2[C@@H]3CCC4CC(=O)CC[C@]4(C)[C@H]3CC[C@]12C. The van der Waals surface area contributed by atoms with E-state index in [1.165, 1.54) is 57.9 Å². The molecule has 2 unspecified atom stereocenters. The van der Waals surface area contributed by atoms with Crippen molar-refractivity contribution < 1.29 is 4.79 Å². The van der Waals surface area contributed by atoms with Gasteiger partial charge in [0.2, 0.25) is 0 Å². The van der Waals surface area contributed by atoms with Crippen LogP contribution >= 0.6 is 0 Å². The number of fused-ring (bicyclic) bond motifs is 5. The molecule has 4 aliphatic carbocycles. The molecule has 0 aromatic heterocycles. The minimum Gasteiger partial charge on any atom is -0.314 e. The van der Waals surface area contributed by atoms with Gasteiger partial charge in [0.25, 0.3) is 0 Å². The van der Waals surface area contributed by atoms with Crippen molar-refractivity contribution in [1.82, 2.24) is 5.32 Å². The second-order valence-corrected chi connectivity index (χ2v) is 12.1. The van der Waals surface area contributed by atoms with Gasteiger partial charge in [0.15, 0.2) is 0 Å². The molecule has 0 heterocycles. The highest BCUT2D eigenvalue weighted by atomic mass is 16.1. The molecule has 0 saturated heterocycles. The highest BCUT2D eigenvalue weighted by Gasteiger charge is 2.60. The summed E-state index contributed by atoms with van der Waals surface area (Å²) in [5.74, 6) is 5.63. The van der Waals surface area contributed by atoms with Crippen LogP contribution in [-0.4, -0.2) is 18.4 Å². The van der Waals surface area contributed by atoms with Gasteiger partial charge in [-0.25, -0.2) is 0 Å². The predicted octanol–water partition coefficient (Wildman–Crippen LogP) is 6.24. The van der Waals surface area contributed by atoms with Crippen LogP contribution in [0.1, 0.15) is 98.8 Å². The van der Waals surface area contributed by atoms with Gasteiger partial charge in [-0.1, -0.05) is 27.7 Å². The zero-order valence-corrected chi connectivity index (χ0v) is 19.2. The van der Waals surface area contributed by atoms with Crippen LogP contribution in [0.3, 0.4) is 0 Å². The van der Waals surface area contributed by atoms with Crippen molar-refractivity contribution in [2.45, 2.75) is 105 Å². The third kappa shape index (κ3) is 3.40. The van der Waals surface area contributed by atoms with E-state index in [4.69, 9.17) is 0 Å². The average molecular weight is 388 g/mol. The van der Waals surface area contributed by atoms with Crippen molar-refractivity contribution in [3.63, 3.8) is 0 Å². The van der Waals surface area contributed by atoms with Crippen molar-refractivity contribution in [2.24, 2.45) is 46.3 Å². The third-order valence-corrected chi connectivity index (χ3v) is 10.3. The molecule has 0 aliphatic heterocycles. The topological polar surface area (TPSA) is 29.1 Å². The summed E-state index contributed by atoms with van der Waals surface area (Å²) in [7, 11) is 0. The molecule has 1 N–H and O–H groups in total. The van der Waals surface area contributed by atoms with Gasteiger partial charge in [0.05, 0.1) is 0 Å². The van der Waals surface area contributed by atoms with E-state index in [1.54, 1.807) is 0 Å². The quantitative estimate of drug-likeness (QED) is 0.605. The Labute approximate surface area is 174 Å². The molecule has 2 heteroatoms. The number of carbonyl (C=O) groups is 1. The maximum Gasteiger partial charge on any atom is 0.133 e. The highest BCUT2D eigenvalue weighted by Crippen LogP contribution is 2.67. The Morgan fingerprint density at radius 2 is 1.71 bits per heavy atom. The van der Waals surface area contributed by atoms with Gasteiger partial charge in [-0.15, -0.1) is 0 Å². The van der Waals surface area contributed by atoms with Gasteiger partial charge in [-0.3, -0.25) is 4.79 Å². The highest BCUT2D eigenvalue weighted by molar-refractivity contribution is 5.79. The summed E-state index contributed by atoms with van der Waals surface area (Å²) in [4.78, 5) is 12.1. The summed E-state index contributed by atoms with van der Waals surface area (Å²) in [5, 5.41) is 3.91. The molecule has 0 bridgehead atoms. The fraction of sp³-hybridized carbons (Fsp3) is 0.962. The molecule has 0 amide bonds. The third-order valence-electron chi connectivity index (χ3n) is 10.3. The Bertz CT molecular complexity index is 585. The van der Waals surface area contributed by atoms with Crippen LogP contribution < -0.4 is 5.32 Å². The molecule has 0 aromatic carbocycles. The van der Waals surface area contributed by atoms with Crippen LogP contribution in [0.25, 0.3) is 0 Å². The van der Waals surface area contributed by atoms with E-state index < -0.39 is 0 Å². The Kier molecular flexibility index (Phi) is 5.75. The monoisotopic (exact) mass is 387 g/mol. The number of ketones is 1. The lowest BCUT2D eigenvalue weighted by Gasteiger charge is -2.60. The fourth-order valence-electron chi connectivity index (χ4n) is 8.65. The van der Waals surface area contributed by atoms with Crippen LogP contribution in [0.2, 0.25) is 0 Å². The summed E-state index contributed by atoms with van der Waals surface area (Å²) in [6, 6.07) is 0.657. The van der Waals surface area contributed by atoms with Gasteiger partial charge in [-0.05, 0) is 111 Å². The summed E-state index contributed by atoms with van der Waals surface area (Å²) < 4.78 is 0. The van der Waals surface area contributed by atoms with Crippen LogP contribution in [0.4, 0.5) is 0 Å². The minimum absolute atomic E-state index is 0.456. The first-order valence-corrected chi connectivity index (χ1v) is 12.5. The molecule has 160 valence electrons. The van der Waals surface area contributed by atoms with E-state index in [-0.39, 0.29) is 0 Å². The lowest BCUT2D eigenvalue weighted by atomic mass is 9.44. The van der Waals surface area contributed by atoms with Crippen molar-refractivity contribution in [3.8, 4) is 0 Å². The maximum absolute atomic E-state index is 12.1. The van der Waals surface area contributed by atoms with Gasteiger partial charge < -0.3 is 5.32 Å². The smallest absolute Gasteiger partial charge is 0.133 e. The first kappa shape index (κ1) is 20.9. The molecule has 8 atom stereocenters. The molecule has 2 nitrogen and oxygen atoms in total. The first-order chi connectivity index (χ1) is 13.3. The van der Waals surface area contributed by atoms with E-state index in [9.17, 15) is 4.79 Å². The van der Waals surface area contributed by atoms with Gasteiger partial charge >= 0.3 is 0 Å². The largest absolute Gasteiger partial charge is 0.314 e. The van der Waals surface area contributed by atoms with Gasteiger partial charge in [-0.2, -0.15) is 0 Å². The molecule has 28 heavy (non-hydrogen) atoms. The number of carbonyl (C=O) groups excluding carboxylic acids is 1. The maximum atomic E-state index is 12.1. The Morgan fingerprint density at radius 3 is 2.46 bits per heavy atom. The normalized spacial score (nSPS) is 46.8. The standard InChI is InChI=1S/C26H45NO/c1-17(2)12-15-27-18(3)22-8-9-23-21-7-6-19-16-20(28)10-13-25(19,4)24(21)11-14-26(22,23)5/h17-19,21-24,27H,6-16H2,1-5H3/t18?,19?,21-,22+,23-,24-,25-,26+/m0/s1.